The molecule has 1 rings (SSSR count). The van der Waals surface area contributed by atoms with Gasteiger partial charge in [0, 0.05) is 33.1 Å². The largest absolute Gasteiger partial charge is 0.388 e. The monoisotopic (exact) mass is 198 g/mol. The summed E-state index contributed by atoms with van der Waals surface area (Å²) in [6.07, 6.45) is 2.66. The first-order valence-electron chi connectivity index (χ1n) is 4.94. The van der Waals surface area contributed by atoms with Gasteiger partial charge >= 0.3 is 6.03 Å². The highest BCUT2D eigenvalue weighted by Gasteiger charge is 2.20. The van der Waals surface area contributed by atoms with E-state index in [0.29, 0.717) is 13.0 Å². The van der Waals surface area contributed by atoms with Gasteiger partial charge in [-0.2, -0.15) is 0 Å². The van der Waals surface area contributed by atoms with Crippen LogP contribution in [0.4, 0.5) is 4.79 Å². The van der Waals surface area contributed by atoms with E-state index in [2.05, 4.69) is 0 Å². The molecule has 0 radical (unpaired) electrons. The van der Waals surface area contributed by atoms with Gasteiger partial charge in [-0.25, -0.2) is 4.79 Å². The van der Waals surface area contributed by atoms with Gasteiger partial charge in [-0.3, -0.25) is 5.41 Å². The Morgan fingerprint density at radius 1 is 1.50 bits per heavy atom. The second kappa shape index (κ2) is 4.83. The lowest BCUT2D eigenvalue weighted by atomic mass is 10.4. The van der Waals surface area contributed by atoms with Crippen LogP contribution in [0.5, 0.6) is 0 Å². The SMILES string of the molecule is CN(CCC(=N)N)C(=O)N1CCCC1. The summed E-state index contributed by atoms with van der Waals surface area (Å²) in [5, 5.41) is 7.06. The molecule has 5 nitrogen and oxygen atoms in total. The summed E-state index contributed by atoms with van der Waals surface area (Å²) in [5.74, 6) is 0.131. The molecule has 14 heavy (non-hydrogen) atoms. The van der Waals surface area contributed by atoms with Gasteiger partial charge in [-0.1, -0.05) is 0 Å². The predicted molar refractivity (Wildman–Crippen MR) is 55.4 cm³/mol. The average molecular weight is 198 g/mol. The highest BCUT2D eigenvalue weighted by molar-refractivity contribution is 5.78. The molecule has 0 aliphatic carbocycles. The number of urea groups is 1. The molecule has 0 aromatic carbocycles. The van der Waals surface area contributed by atoms with Crippen LogP contribution in [0.3, 0.4) is 0 Å². The van der Waals surface area contributed by atoms with Crippen molar-refractivity contribution < 1.29 is 4.79 Å². The fraction of sp³-hybridized carbons (Fsp3) is 0.778. The minimum atomic E-state index is 0.0590. The quantitative estimate of drug-likeness (QED) is 0.510. The van der Waals surface area contributed by atoms with Gasteiger partial charge in [-0.05, 0) is 12.8 Å². The highest BCUT2D eigenvalue weighted by Crippen LogP contribution is 2.09. The van der Waals surface area contributed by atoms with Gasteiger partial charge in [0.1, 0.15) is 0 Å². The van der Waals surface area contributed by atoms with E-state index in [-0.39, 0.29) is 11.9 Å². The van der Waals surface area contributed by atoms with Crippen LogP contribution >= 0.6 is 0 Å². The third kappa shape index (κ3) is 2.90. The van der Waals surface area contributed by atoms with Crippen molar-refractivity contribution in [3.05, 3.63) is 0 Å². The maximum atomic E-state index is 11.7. The van der Waals surface area contributed by atoms with E-state index in [4.69, 9.17) is 11.1 Å². The number of hydrogen-bond donors (Lipinski definition) is 2. The van der Waals surface area contributed by atoms with Gasteiger partial charge in [-0.15, -0.1) is 0 Å². The number of nitrogens with zero attached hydrogens (tertiary/aromatic N) is 2. The van der Waals surface area contributed by atoms with E-state index in [1.807, 2.05) is 4.90 Å². The summed E-state index contributed by atoms with van der Waals surface area (Å²) in [6.45, 7) is 2.26. The zero-order valence-corrected chi connectivity index (χ0v) is 8.62. The Morgan fingerprint density at radius 2 is 2.07 bits per heavy atom. The minimum absolute atomic E-state index is 0.0590. The first-order chi connectivity index (χ1) is 6.61. The predicted octanol–water partition coefficient (Wildman–Crippen LogP) is 0.460. The van der Waals surface area contributed by atoms with Gasteiger partial charge in [0.15, 0.2) is 0 Å². The van der Waals surface area contributed by atoms with Crippen molar-refractivity contribution in [3.63, 3.8) is 0 Å². The second-order valence-corrected chi connectivity index (χ2v) is 3.67. The molecule has 0 unspecified atom stereocenters. The maximum absolute atomic E-state index is 11.7. The third-order valence-electron chi connectivity index (χ3n) is 2.42. The summed E-state index contributed by atoms with van der Waals surface area (Å²) < 4.78 is 0. The third-order valence-corrected chi connectivity index (χ3v) is 2.42. The molecule has 5 heteroatoms. The molecular weight excluding hydrogens is 180 g/mol. The molecule has 0 aromatic heterocycles. The second-order valence-electron chi connectivity index (χ2n) is 3.67. The number of likely N-dealkylation sites (tertiary alicyclic amines) is 1. The summed E-state index contributed by atoms with van der Waals surface area (Å²) in [6, 6.07) is 0.0590. The Morgan fingerprint density at radius 3 is 2.57 bits per heavy atom. The number of hydrogen-bond acceptors (Lipinski definition) is 2. The molecule has 1 heterocycles. The lowest BCUT2D eigenvalue weighted by Crippen LogP contribution is -2.40. The number of rotatable bonds is 3. The molecule has 3 N–H and O–H groups in total. The van der Waals surface area contributed by atoms with E-state index < -0.39 is 0 Å². The van der Waals surface area contributed by atoms with Gasteiger partial charge < -0.3 is 15.5 Å². The maximum Gasteiger partial charge on any atom is 0.319 e. The molecule has 1 aliphatic rings. The van der Waals surface area contributed by atoms with Gasteiger partial charge in [0.05, 0.1) is 5.84 Å². The molecule has 1 aliphatic heterocycles. The van der Waals surface area contributed by atoms with Crippen LogP contribution in [-0.4, -0.2) is 48.3 Å². The molecule has 2 amide bonds. The van der Waals surface area contributed by atoms with Crippen LogP contribution in [0.1, 0.15) is 19.3 Å². The van der Waals surface area contributed by atoms with Crippen LogP contribution in [0.25, 0.3) is 0 Å². The highest BCUT2D eigenvalue weighted by atomic mass is 16.2. The van der Waals surface area contributed by atoms with Gasteiger partial charge in [0.25, 0.3) is 0 Å². The van der Waals surface area contributed by atoms with Crippen LogP contribution in [-0.2, 0) is 0 Å². The average Bonchev–Trinajstić information content (AvgIpc) is 2.65. The molecule has 80 valence electrons. The summed E-state index contributed by atoms with van der Waals surface area (Å²) in [5.41, 5.74) is 5.23. The first kappa shape index (κ1) is 10.8. The van der Waals surface area contributed by atoms with Crippen molar-refractivity contribution in [2.75, 3.05) is 26.7 Å². The molecule has 0 saturated carbocycles. The van der Waals surface area contributed by atoms with Crippen molar-refractivity contribution >= 4 is 11.9 Å². The van der Waals surface area contributed by atoms with E-state index in [1.165, 1.54) is 0 Å². The molecule has 0 atom stereocenters. The smallest absolute Gasteiger partial charge is 0.319 e. The standard InChI is InChI=1S/C9H18N4O/c1-12(7-4-8(10)11)9(14)13-5-2-3-6-13/h2-7H2,1H3,(H3,10,11). The fourth-order valence-electron chi connectivity index (χ4n) is 1.53. The lowest BCUT2D eigenvalue weighted by Gasteiger charge is -2.23. The molecule has 1 saturated heterocycles. The van der Waals surface area contributed by atoms with Crippen LogP contribution in [0.15, 0.2) is 0 Å². The lowest BCUT2D eigenvalue weighted by molar-refractivity contribution is 0.174. The van der Waals surface area contributed by atoms with E-state index >= 15 is 0 Å². The van der Waals surface area contributed by atoms with Crippen molar-refractivity contribution in [3.8, 4) is 0 Å². The zero-order chi connectivity index (χ0) is 10.6. The molecule has 1 fully saturated rings. The normalized spacial score (nSPS) is 15.6. The molecule has 0 spiro atoms. The number of carbonyl (C=O) groups is 1. The number of nitrogens with two attached hydrogens (primary N) is 1. The van der Waals surface area contributed by atoms with Crippen LogP contribution in [0.2, 0.25) is 0 Å². The Bertz CT molecular complexity index is 223. The Kier molecular flexibility index (Phi) is 3.73. The summed E-state index contributed by atoms with van der Waals surface area (Å²) >= 11 is 0. The molecular formula is C9H18N4O. The van der Waals surface area contributed by atoms with E-state index in [0.717, 1.165) is 25.9 Å². The van der Waals surface area contributed by atoms with Crippen molar-refractivity contribution in [2.45, 2.75) is 19.3 Å². The minimum Gasteiger partial charge on any atom is -0.388 e. The summed E-state index contributed by atoms with van der Waals surface area (Å²) in [7, 11) is 1.75. The number of nitrogens with one attached hydrogen (secondary N) is 1. The first-order valence-corrected chi connectivity index (χ1v) is 4.94. The Balaban J connectivity index is 2.31. The van der Waals surface area contributed by atoms with E-state index in [1.54, 1.807) is 11.9 Å². The molecule has 0 aromatic rings. The van der Waals surface area contributed by atoms with Gasteiger partial charge in [0.2, 0.25) is 0 Å². The number of carbonyl (C=O) groups excluding carboxylic acids is 1. The van der Waals surface area contributed by atoms with Crippen LogP contribution < -0.4 is 5.73 Å². The molecule has 0 bridgehead atoms. The Hall–Kier alpha value is -1.26. The Labute approximate surface area is 84.4 Å². The number of amidine groups is 1. The topological polar surface area (TPSA) is 73.4 Å². The fourth-order valence-corrected chi connectivity index (χ4v) is 1.53. The van der Waals surface area contributed by atoms with Crippen LogP contribution in [0, 0.1) is 5.41 Å². The van der Waals surface area contributed by atoms with Crippen molar-refractivity contribution in [1.82, 2.24) is 9.80 Å². The van der Waals surface area contributed by atoms with Crippen molar-refractivity contribution in [2.24, 2.45) is 5.73 Å². The summed E-state index contributed by atoms with van der Waals surface area (Å²) in [4.78, 5) is 15.2. The van der Waals surface area contributed by atoms with Crippen molar-refractivity contribution in [1.29, 1.82) is 5.41 Å². The zero-order valence-electron chi connectivity index (χ0n) is 8.62. The van der Waals surface area contributed by atoms with E-state index in [9.17, 15) is 4.79 Å². The number of amides is 2.